The number of rotatable bonds is 6. The van der Waals surface area contributed by atoms with Crippen LogP contribution in [0.15, 0.2) is 39.2 Å². The van der Waals surface area contributed by atoms with Gasteiger partial charge in [0.25, 0.3) is 5.56 Å². The molecule has 1 aliphatic heterocycles. The van der Waals surface area contributed by atoms with Crippen LogP contribution in [0.1, 0.15) is 51.2 Å². The molecule has 2 atom stereocenters. The molecule has 8 heteroatoms. The molecule has 2 unspecified atom stereocenters. The second-order valence-corrected chi connectivity index (χ2v) is 8.29. The van der Waals surface area contributed by atoms with Gasteiger partial charge in [0.1, 0.15) is 11.7 Å². The van der Waals surface area contributed by atoms with Gasteiger partial charge in [0.15, 0.2) is 11.0 Å². The van der Waals surface area contributed by atoms with E-state index in [1.54, 1.807) is 32.9 Å². The maximum Gasteiger partial charge on any atom is 0.315 e. The minimum Gasteiger partial charge on any atom is -0.462 e. The Morgan fingerprint density at radius 1 is 1.38 bits per heavy atom. The Hall–Kier alpha value is -2.48. The SMILES string of the molecule is CCCSc1nc2c(c(=O)[nH]1)C(c1cccc(F)c1)C(C(=O)OC(C)C)C(C)=N2. The highest BCUT2D eigenvalue weighted by Gasteiger charge is 2.41. The Morgan fingerprint density at radius 3 is 2.79 bits per heavy atom. The summed E-state index contributed by atoms with van der Waals surface area (Å²) in [6.07, 6.45) is 0.608. The first-order valence-corrected chi connectivity index (χ1v) is 10.6. The third-order valence-electron chi connectivity index (χ3n) is 4.55. The van der Waals surface area contributed by atoms with Gasteiger partial charge in [-0.3, -0.25) is 9.59 Å². The number of halogens is 1. The van der Waals surface area contributed by atoms with Gasteiger partial charge in [0.05, 0.1) is 11.7 Å². The van der Waals surface area contributed by atoms with Crippen LogP contribution in [0.3, 0.4) is 0 Å². The zero-order valence-electron chi connectivity index (χ0n) is 16.9. The summed E-state index contributed by atoms with van der Waals surface area (Å²) >= 11 is 1.44. The van der Waals surface area contributed by atoms with Crippen molar-refractivity contribution in [2.75, 3.05) is 5.75 Å². The molecule has 0 radical (unpaired) electrons. The molecular formula is C21H24FN3O3S. The maximum atomic E-state index is 14.0. The van der Waals surface area contributed by atoms with Crippen molar-refractivity contribution in [3.05, 3.63) is 51.6 Å². The van der Waals surface area contributed by atoms with Gasteiger partial charge in [-0.05, 0) is 44.9 Å². The predicted molar refractivity (Wildman–Crippen MR) is 112 cm³/mol. The highest BCUT2D eigenvalue weighted by molar-refractivity contribution is 7.99. The fourth-order valence-electron chi connectivity index (χ4n) is 3.40. The van der Waals surface area contributed by atoms with E-state index < -0.39 is 23.6 Å². The molecule has 6 nitrogen and oxygen atoms in total. The van der Waals surface area contributed by atoms with Crippen molar-refractivity contribution in [2.24, 2.45) is 10.9 Å². The quantitative estimate of drug-likeness (QED) is 0.432. The van der Waals surface area contributed by atoms with Crippen LogP contribution in [0.5, 0.6) is 0 Å². The number of carbonyl (C=O) groups is 1. The standard InChI is InChI=1S/C21H24FN3O3S/c1-5-9-29-21-24-18-17(19(26)25-21)16(13-7-6-8-14(22)10-13)15(12(4)23-18)20(27)28-11(2)3/h6-8,10-11,15-16H,5,9H2,1-4H3,(H,24,25,26). The van der Waals surface area contributed by atoms with Gasteiger partial charge in [-0.1, -0.05) is 30.8 Å². The van der Waals surface area contributed by atoms with E-state index in [2.05, 4.69) is 15.0 Å². The van der Waals surface area contributed by atoms with Crippen LogP contribution in [-0.2, 0) is 9.53 Å². The van der Waals surface area contributed by atoms with E-state index in [1.807, 2.05) is 6.92 Å². The third kappa shape index (κ3) is 4.58. The predicted octanol–water partition coefficient (Wildman–Crippen LogP) is 4.22. The number of hydrogen-bond donors (Lipinski definition) is 1. The largest absolute Gasteiger partial charge is 0.462 e. The molecule has 0 aliphatic carbocycles. The molecule has 0 spiro atoms. The highest BCUT2D eigenvalue weighted by atomic mass is 32.2. The first-order chi connectivity index (χ1) is 13.8. The van der Waals surface area contributed by atoms with E-state index in [4.69, 9.17) is 4.74 Å². The lowest BCUT2D eigenvalue weighted by molar-refractivity contribution is -0.150. The van der Waals surface area contributed by atoms with Gasteiger partial charge in [0.2, 0.25) is 0 Å². The van der Waals surface area contributed by atoms with Crippen molar-refractivity contribution >= 4 is 29.3 Å². The van der Waals surface area contributed by atoms with Crippen LogP contribution in [0, 0.1) is 11.7 Å². The zero-order chi connectivity index (χ0) is 21.1. The second kappa shape index (κ2) is 8.90. The molecule has 2 heterocycles. The summed E-state index contributed by atoms with van der Waals surface area (Å²) in [5.41, 5.74) is 0.878. The van der Waals surface area contributed by atoms with Crippen LogP contribution < -0.4 is 5.56 Å². The van der Waals surface area contributed by atoms with Gasteiger partial charge >= 0.3 is 5.97 Å². The van der Waals surface area contributed by atoms with Crippen LogP contribution in [-0.4, -0.2) is 33.5 Å². The third-order valence-corrected chi connectivity index (χ3v) is 5.63. The Kier molecular flexibility index (Phi) is 6.52. The number of aromatic nitrogens is 2. The number of aromatic amines is 1. The van der Waals surface area contributed by atoms with E-state index in [1.165, 1.54) is 23.9 Å². The summed E-state index contributed by atoms with van der Waals surface area (Å²) in [5, 5.41) is 0.480. The van der Waals surface area contributed by atoms with E-state index >= 15 is 0 Å². The first kappa shape index (κ1) is 21.2. The van der Waals surface area contributed by atoms with Crippen LogP contribution in [0.2, 0.25) is 0 Å². The van der Waals surface area contributed by atoms with Crippen LogP contribution in [0.25, 0.3) is 0 Å². The lowest BCUT2D eigenvalue weighted by atomic mass is 9.77. The van der Waals surface area contributed by atoms with Gasteiger partial charge in [-0.25, -0.2) is 14.4 Å². The first-order valence-electron chi connectivity index (χ1n) is 9.60. The lowest BCUT2D eigenvalue weighted by Gasteiger charge is -2.30. The Morgan fingerprint density at radius 2 is 2.14 bits per heavy atom. The van der Waals surface area contributed by atoms with Crippen molar-refractivity contribution in [3.63, 3.8) is 0 Å². The number of ether oxygens (including phenoxy) is 1. The number of aliphatic imine (C=N–C) groups is 1. The van der Waals surface area contributed by atoms with Gasteiger partial charge in [-0.15, -0.1) is 0 Å². The molecule has 0 fully saturated rings. The summed E-state index contributed by atoms with van der Waals surface area (Å²) < 4.78 is 19.4. The van der Waals surface area contributed by atoms with E-state index in [0.717, 1.165) is 12.2 Å². The number of nitrogens with one attached hydrogen (secondary N) is 1. The summed E-state index contributed by atoms with van der Waals surface area (Å²) in [5.74, 6) is -1.42. The van der Waals surface area contributed by atoms with Crippen molar-refractivity contribution in [2.45, 2.75) is 51.3 Å². The second-order valence-electron chi connectivity index (χ2n) is 7.21. The number of thioether (sulfide) groups is 1. The van der Waals surface area contributed by atoms with Gasteiger partial charge < -0.3 is 9.72 Å². The van der Waals surface area contributed by atoms with Gasteiger partial charge in [0, 0.05) is 17.4 Å². The average Bonchev–Trinajstić information content (AvgIpc) is 2.64. The Bertz CT molecular complexity index is 1000. The molecule has 0 bridgehead atoms. The smallest absolute Gasteiger partial charge is 0.315 e. The molecule has 29 heavy (non-hydrogen) atoms. The molecule has 154 valence electrons. The molecule has 0 saturated carbocycles. The molecule has 1 aromatic heterocycles. The van der Waals surface area contributed by atoms with Crippen molar-refractivity contribution < 1.29 is 13.9 Å². The molecule has 1 aromatic carbocycles. The minimum absolute atomic E-state index is 0.257. The number of fused-ring (bicyclic) bond motifs is 1. The monoisotopic (exact) mass is 417 g/mol. The van der Waals surface area contributed by atoms with E-state index in [-0.39, 0.29) is 23.0 Å². The molecular weight excluding hydrogens is 393 g/mol. The number of esters is 1. The van der Waals surface area contributed by atoms with Crippen molar-refractivity contribution in [1.82, 2.24) is 9.97 Å². The Balaban J connectivity index is 2.18. The summed E-state index contributed by atoms with van der Waals surface area (Å²) in [7, 11) is 0. The van der Waals surface area contributed by atoms with E-state index in [0.29, 0.717) is 16.4 Å². The van der Waals surface area contributed by atoms with E-state index in [9.17, 15) is 14.0 Å². The van der Waals surface area contributed by atoms with Gasteiger partial charge in [-0.2, -0.15) is 0 Å². The van der Waals surface area contributed by atoms with Crippen molar-refractivity contribution in [1.29, 1.82) is 0 Å². The molecule has 0 saturated heterocycles. The normalized spacial score (nSPS) is 18.3. The summed E-state index contributed by atoms with van der Waals surface area (Å²) in [6, 6.07) is 5.92. The average molecular weight is 418 g/mol. The minimum atomic E-state index is -0.830. The maximum absolute atomic E-state index is 14.0. The van der Waals surface area contributed by atoms with Crippen LogP contribution in [0.4, 0.5) is 10.2 Å². The molecule has 2 aromatic rings. The molecule has 0 amide bonds. The summed E-state index contributed by atoms with van der Waals surface area (Å²) in [6.45, 7) is 7.26. The fourth-order valence-corrected chi connectivity index (χ4v) is 4.11. The molecule has 1 aliphatic rings. The number of benzene rings is 1. The molecule has 3 rings (SSSR count). The molecule has 1 N–H and O–H groups in total. The summed E-state index contributed by atoms with van der Waals surface area (Å²) in [4.78, 5) is 37.6. The number of H-pyrrole nitrogens is 1. The number of carbonyl (C=O) groups excluding carboxylic acids is 1. The van der Waals surface area contributed by atoms with Crippen LogP contribution >= 0.6 is 11.8 Å². The zero-order valence-corrected chi connectivity index (χ0v) is 17.7. The highest BCUT2D eigenvalue weighted by Crippen LogP contribution is 2.41. The van der Waals surface area contributed by atoms with Crippen molar-refractivity contribution in [3.8, 4) is 0 Å². The number of nitrogens with zero attached hydrogens (tertiary/aromatic N) is 2. The lowest BCUT2D eigenvalue weighted by Crippen LogP contribution is -2.37. The number of hydrogen-bond acceptors (Lipinski definition) is 6. The topological polar surface area (TPSA) is 84.4 Å². The fraction of sp³-hybridized carbons (Fsp3) is 0.429. The Labute approximate surface area is 173 Å².